The molecule has 0 radical (unpaired) electrons. The molecule has 1 saturated heterocycles. The van der Waals surface area contributed by atoms with E-state index in [-0.39, 0.29) is 12.6 Å². The lowest BCUT2D eigenvalue weighted by molar-refractivity contribution is 0.0934. The molecule has 90 valence electrons. The van der Waals surface area contributed by atoms with Crippen molar-refractivity contribution < 1.29 is 5.11 Å². The van der Waals surface area contributed by atoms with Crippen LogP contribution in [0.5, 0.6) is 0 Å². The van der Waals surface area contributed by atoms with Crippen LogP contribution in [0, 0.1) is 0 Å². The second kappa shape index (κ2) is 6.43. The van der Waals surface area contributed by atoms with Gasteiger partial charge < -0.3 is 10.4 Å². The predicted molar refractivity (Wildman–Crippen MR) is 63.1 cm³/mol. The lowest BCUT2D eigenvalue weighted by atomic mass is 10.2. The third kappa shape index (κ3) is 4.07. The molecule has 2 N–H and O–H groups in total. The van der Waals surface area contributed by atoms with Crippen LogP contribution in [0.15, 0.2) is 0 Å². The van der Waals surface area contributed by atoms with Gasteiger partial charge in [0.05, 0.1) is 6.61 Å². The summed E-state index contributed by atoms with van der Waals surface area (Å²) in [5.74, 6) is 0. The molecule has 1 atom stereocenters. The number of hydrogen-bond donors (Lipinski definition) is 2. The van der Waals surface area contributed by atoms with Crippen molar-refractivity contribution in [3.05, 3.63) is 0 Å². The van der Waals surface area contributed by atoms with Crippen molar-refractivity contribution in [3.8, 4) is 0 Å². The van der Waals surface area contributed by atoms with Crippen molar-refractivity contribution in [3.63, 3.8) is 0 Å². The first-order chi connectivity index (χ1) is 7.17. The fourth-order valence-corrected chi connectivity index (χ4v) is 2.01. The van der Waals surface area contributed by atoms with Crippen LogP contribution < -0.4 is 5.32 Å². The molecular weight excluding hydrogens is 190 g/mol. The maximum Gasteiger partial charge on any atom is 0.0597 e. The maximum atomic E-state index is 9.10. The Labute approximate surface area is 93.2 Å². The fourth-order valence-electron chi connectivity index (χ4n) is 2.01. The Hall–Kier alpha value is -0.160. The number of nitrogens with zero attached hydrogens (tertiary/aromatic N) is 2. The number of piperazine rings is 1. The van der Waals surface area contributed by atoms with Gasteiger partial charge in [0.1, 0.15) is 0 Å². The van der Waals surface area contributed by atoms with E-state index in [2.05, 4.69) is 29.0 Å². The summed E-state index contributed by atoms with van der Waals surface area (Å²) in [5, 5.41) is 12.2. The van der Waals surface area contributed by atoms with Gasteiger partial charge in [0.2, 0.25) is 0 Å². The van der Waals surface area contributed by atoms with Gasteiger partial charge in [-0.3, -0.25) is 9.80 Å². The highest BCUT2D eigenvalue weighted by Crippen LogP contribution is 2.05. The minimum Gasteiger partial charge on any atom is -0.395 e. The van der Waals surface area contributed by atoms with E-state index in [0.717, 1.165) is 32.7 Å². The van der Waals surface area contributed by atoms with E-state index >= 15 is 0 Å². The van der Waals surface area contributed by atoms with Crippen LogP contribution in [0.2, 0.25) is 0 Å². The largest absolute Gasteiger partial charge is 0.395 e. The van der Waals surface area contributed by atoms with Crippen molar-refractivity contribution in [1.82, 2.24) is 15.1 Å². The molecule has 0 bridgehead atoms. The number of likely N-dealkylation sites (N-methyl/N-ethyl adjacent to an activating group) is 1. The Balaban J connectivity index is 2.25. The zero-order valence-electron chi connectivity index (χ0n) is 10.2. The quantitative estimate of drug-likeness (QED) is 0.654. The highest BCUT2D eigenvalue weighted by Gasteiger charge is 2.20. The lowest BCUT2D eigenvalue weighted by Gasteiger charge is -2.38. The zero-order valence-corrected chi connectivity index (χ0v) is 10.2. The molecule has 1 unspecified atom stereocenters. The van der Waals surface area contributed by atoms with Gasteiger partial charge in [0.15, 0.2) is 0 Å². The smallest absolute Gasteiger partial charge is 0.0597 e. The molecule has 1 fully saturated rings. The third-order valence-electron chi connectivity index (χ3n) is 3.24. The average molecular weight is 215 g/mol. The van der Waals surface area contributed by atoms with Gasteiger partial charge in [-0.05, 0) is 20.9 Å². The van der Waals surface area contributed by atoms with Crippen LogP contribution in [-0.4, -0.2) is 73.4 Å². The van der Waals surface area contributed by atoms with E-state index < -0.39 is 0 Å². The molecule has 4 heteroatoms. The zero-order chi connectivity index (χ0) is 11.3. The van der Waals surface area contributed by atoms with E-state index in [1.54, 1.807) is 0 Å². The van der Waals surface area contributed by atoms with Gasteiger partial charge in [-0.15, -0.1) is 0 Å². The molecule has 0 aliphatic carbocycles. The molecule has 0 aromatic carbocycles. The summed E-state index contributed by atoms with van der Waals surface area (Å²) in [6.07, 6.45) is 0. The second-order valence-corrected chi connectivity index (χ2v) is 4.60. The van der Waals surface area contributed by atoms with Crippen molar-refractivity contribution in [1.29, 1.82) is 0 Å². The molecule has 0 aromatic heterocycles. The minimum atomic E-state index is 0.218. The van der Waals surface area contributed by atoms with E-state index in [1.165, 1.54) is 0 Å². The SMILES string of the molecule is CNC(CO)CN1CCN(C(C)C)CC1. The number of hydrogen-bond acceptors (Lipinski definition) is 4. The summed E-state index contributed by atoms with van der Waals surface area (Å²) in [7, 11) is 1.91. The Bertz CT molecular complexity index is 163. The summed E-state index contributed by atoms with van der Waals surface area (Å²) in [4.78, 5) is 4.93. The normalized spacial score (nSPS) is 22.2. The highest BCUT2D eigenvalue weighted by atomic mass is 16.3. The Kier molecular flexibility index (Phi) is 5.53. The first-order valence-corrected chi connectivity index (χ1v) is 5.92. The molecular formula is C11H25N3O. The van der Waals surface area contributed by atoms with Gasteiger partial charge in [0, 0.05) is 44.8 Å². The maximum absolute atomic E-state index is 9.10. The Morgan fingerprint density at radius 1 is 1.20 bits per heavy atom. The highest BCUT2D eigenvalue weighted by molar-refractivity contribution is 4.77. The van der Waals surface area contributed by atoms with Crippen LogP contribution in [0.25, 0.3) is 0 Å². The second-order valence-electron chi connectivity index (χ2n) is 4.60. The van der Waals surface area contributed by atoms with E-state index in [9.17, 15) is 0 Å². The standard InChI is InChI=1S/C11H25N3O/c1-10(2)14-6-4-13(5-7-14)8-11(9-15)12-3/h10-12,15H,4-9H2,1-3H3. The molecule has 0 spiro atoms. The molecule has 0 saturated carbocycles. The summed E-state index contributed by atoms with van der Waals surface area (Å²) in [5.41, 5.74) is 0. The molecule has 1 heterocycles. The van der Waals surface area contributed by atoms with Gasteiger partial charge in [-0.1, -0.05) is 0 Å². The summed E-state index contributed by atoms with van der Waals surface area (Å²) < 4.78 is 0. The van der Waals surface area contributed by atoms with Crippen LogP contribution in [0.1, 0.15) is 13.8 Å². The van der Waals surface area contributed by atoms with Crippen LogP contribution in [0.3, 0.4) is 0 Å². The topological polar surface area (TPSA) is 38.7 Å². The van der Waals surface area contributed by atoms with E-state index in [1.807, 2.05) is 7.05 Å². The van der Waals surface area contributed by atoms with Gasteiger partial charge in [0.25, 0.3) is 0 Å². The Morgan fingerprint density at radius 3 is 2.20 bits per heavy atom. The molecule has 4 nitrogen and oxygen atoms in total. The Morgan fingerprint density at radius 2 is 1.80 bits per heavy atom. The number of nitrogens with one attached hydrogen (secondary N) is 1. The number of aliphatic hydroxyl groups is 1. The van der Waals surface area contributed by atoms with Crippen molar-refractivity contribution >= 4 is 0 Å². The van der Waals surface area contributed by atoms with Crippen LogP contribution >= 0.6 is 0 Å². The third-order valence-corrected chi connectivity index (χ3v) is 3.24. The monoisotopic (exact) mass is 215 g/mol. The summed E-state index contributed by atoms with van der Waals surface area (Å²) in [6, 6.07) is 0.876. The number of rotatable bonds is 5. The average Bonchev–Trinajstić information content (AvgIpc) is 2.26. The van der Waals surface area contributed by atoms with Gasteiger partial charge in [-0.25, -0.2) is 0 Å². The lowest BCUT2D eigenvalue weighted by Crippen LogP contribution is -2.52. The van der Waals surface area contributed by atoms with Crippen LogP contribution in [0.4, 0.5) is 0 Å². The van der Waals surface area contributed by atoms with E-state index in [4.69, 9.17) is 5.11 Å². The van der Waals surface area contributed by atoms with Crippen molar-refractivity contribution in [2.45, 2.75) is 25.9 Å². The molecule has 0 amide bonds. The molecule has 1 rings (SSSR count). The van der Waals surface area contributed by atoms with Crippen molar-refractivity contribution in [2.24, 2.45) is 0 Å². The molecule has 15 heavy (non-hydrogen) atoms. The predicted octanol–water partition coefficient (Wildman–Crippen LogP) is -0.407. The first-order valence-electron chi connectivity index (χ1n) is 5.92. The molecule has 1 aliphatic rings. The van der Waals surface area contributed by atoms with Crippen LogP contribution in [-0.2, 0) is 0 Å². The van der Waals surface area contributed by atoms with E-state index in [0.29, 0.717) is 6.04 Å². The van der Waals surface area contributed by atoms with Gasteiger partial charge >= 0.3 is 0 Å². The molecule has 0 aromatic rings. The van der Waals surface area contributed by atoms with Gasteiger partial charge in [-0.2, -0.15) is 0 Å². The fraction of sp³-hybridized carbons (Fsp3) is 1.00. The van der Waals surface area contributed by atoms with Crippen molar-refractivity contribution in [2.75, 3.05) is 46.4 Å². The number of aliphatic hydroxyl groups excluding tert-OH is 1. The first kappa shape index (κ1) is 12.9. The minimum absolute atomic E-state index is 0.218. The summed E-state index contributed by atoms with van der Waals surface area (Å²) >= 11 is 0. The molecule has 1 aliphatic heterocycles. The summed E-state index contributed by atoms with van der Waals surface area (Å²) in [6.45, 7) is 10.2.